The number of esters is 1. The standard InChI is InChI=1S/C27H52O4/c1-3-5-7-9-11-12-13-14-15-16-17-19-21-23-27(30)31-25(24-26(28)29)22-20-18-10-8-6-4-2/h25H,3-24H2,1-2H3,(H,28,29). The van der Waals surface area contributed by atoms with Crippen molar-refractivity contribution in [1.29, 1.82) is 0 Å². The third-order valence-electron chi connectivity index (χ3n) is 6.06. The first-order chi connectivity index (χ1) is 15.1. The summed E-state index contributed by atoms with van der Waals surface area (Å²) in [6, 6.07) is 0. The van der Waals surface area contributed by atoms with Gasteiger partial charge in [0.15, 0.2) is 0 Å². The van der Waals surface area contributed by atoms with Crippen LogP contribution < -0.4 is 0 Å². The number of hydrogen-bond acceptors (Lipinski definition) is 3. The van der Waals surface area contributed by atoms with Gasteiger partial charge in [0, 0.05) is 6.42 Å². The van der Waals surface area contributed by atoms with Gasteiger partial charge in [-0.05, 0) is 19.3 Å². The predicted octanol–water partition coefficient (Wildman–Crippen LogP) is 8.60. The molecule has 1 atom stereocenters. The van der Waals surface area contributed by atoms with E-state index in [2.05, 4.69) is 13.8 Å². The number of aliphatic carboxylic acids is 1. The van der Waals surface area contributed by atoms with Crippen LogP contribution in [0.1, 0.15) is 155 Å². The molecule has 0 saturated carbocycles. The van der Waals surface area contributed by atoms with Crippen molar-refractivity contribution in [2.45, 2.75) is 161 Å². The van der Waals surface area contributed by atoms with E-state index >= 15 is 0 Å². The molecule has 0 aliphatic carbocycles. The highest BCUT2D eigenvalue weighted by atomic mass is 16.5. The fraction of sp³-hybridized carbons (Fsp3) is 0.926. The lowest BCUT2D eigenvalue weighted by atomic mass is 10.0. The molecule has 0 spiro atoms. The summed E-state index contributed by atoms with van der Waals surface area (Å²) in [4.78, 5) is 23.2. The van der Waals surface area contributed by atoms with Gasteiger partial charge >= 0.3 is 11.9 Å². The second-order valence-corrected chi connectivity index (χ2v) is 9.26. The lowest BCUT2D eigenvalue weighted by Gasteiger charge is -2.16. The zero-order valence-corrected chi connectivity index (χ0v) is 20.8. The van der Waals surface area contributed by atoms with E-state index in [0.29, 0.717) is 12.8 Å². The van der Waals surface area contributed by atoms with Gasteiger partial charge in [0.1, 0.15) is 6.10 Å². The summed E-state index contributed by atoms with van der Waals surface area (Å²) in [6.07, 6.45) is 24.1. The van der Waals surface area contributed by atoms with Gasteiger partial charge in [-0.1, -0.05) is 123 Å². The Balaban J connectivity index is 3.64. The van der Waals surface area contributed by atoms with E-state index in [9.17, 15) is 9.59 Å². The van der Waals surface area contributed by atoms with E-state index in [1.165, 1.54) is 96.3 Å². The molecule has 1 unspecified atom stereocenters. The van der Waals surface area contributed by atoms with Crippen LogP contribution in [0, 0.1) is 0 Å². The van der Waals surface area contributed by atoms with E-state index in [1.807, 2.05) is 0 Å². The van der Waals surface area contributed by atoms with E-state index in [-0.39, 0.29) is 12.4 Å². The van der Waals surface area contributed by atoms with Crippen LogP contribution in [0.25, 0.3) is 0 Å². The van der Waals surface area contributed by atoms with Gasteiger partial charge in [-0.2, -0.15) is 0 Å². The maximum absolute atomic E-state index is 12.1. The Morgan fingerprint density at radius 2 is 1.00 bits per heavy atom. The second kappa shape index (κ2) is 23.6. The summed E-state index contributed by atoms with van der Waals surface area (Å²) in [5.41, 5.74) is 0. The minimum atomic E-state index is -0.884. The molecule has 0 radical (unpaired) electrons. The first kappa shape index (κ1) is 29.9. The smallest absolute Gasteiger partial charge is 0.307 e. The Hall–Kier alpha value is -1.06. The first-order valence-corrected chi connectivity index (χ1v) is 13.5. The number of hydrogen-bond donors (Lipinski definition) is 1. The maximum atomic E-state index is 12.1. The number of unbranched alkanes of at least 4 members (excludes halogenated alkanes) is 17. The molecule has 0 fully saturated rings. The lowest BCUT2D eigenvalue weighted by Crippen LogP contribution is -2.21. The molecule has 0 heterocycles. The highest BCUT2D eigenvalue weighted by Crippen LogP contribution is 2.16. The van der Waals surface area contributed by atoms with Gasteiger partial charge < -0.3 is 9.84 Å². The number of carbonyl (C=O) groups is 2. The quantitative estimate of drug-likeness (QED) is 0.120. The van der Waals surface area contributed by atoms with Crippen molar-refractivity contribution in [2.24, 2.45) is 0 Å². The molecule has 4 nitrogen and oxygen atoms in total. The van der Waals surface area contributed by atoms with E-state index in [1.54, 1.807) is 0 Å². The topological polar surface area (TPSA) is 63.6 Å². The average molecular weight is 441 g/mol. The molecule has 0 aromatic heterocycles. The summed E-state index contributed by atoms with van der Waals surface area (Å²) < 4.78 is 5.48. The Bertz CT molecular complexity index is 408. The van der Waals surface area contributed by atoms with Crippen LogP contribution in [-0.2, 0) is 14.3 Å². The summed E-state index contributed by atoms with van der Waals surface area (Å²) in [5, 5.41) is 9.08. The largest absolute Gasteiger partial charge is 0.481 e. The normalized spacial score (nSPS) is 12.1. The molecule has 0 bridgehead atoms. The van der Waals surface area contributed by atoms with Crippen LogP contribution in [0.2, 0.25) is 0 Å². The maximum Gasteiger partial charge on any atom is 0.307 e. The van der Waals surface area contributed by atoms with Crippen LogP contribution in [0.15, 0.2) is 0 Å². The average Bonchev–Trinajstić information content (AvgIpc) is 2.73. The van der Waals surface area contributed by atoms with Crippen molar-refractivity contribution in [1.82, 2.24) is 0 Å². The lowest BCUT2D eigenvalue weighted by molar-refractivity contribution is -0.153. The van der Waals surface area contributed by atoms with Crippen molar-refractivity contribution in [2.75, 3.05) is 0 Å². The van der Waals surface area contributed by atoms with Crippen molar-refractivity contribution in [3.63, 3.8) is 0 Å². The zero-order valence-electron chi connectivity index (χ0n) is 20.8. The molecule has 0 aromatic carbocycles. The number of ether oxygens (including phenoxy) is 1. The molecule has 0 aromatic rings. The van der Waals surface area contributed by atoms with Crippen LogP contribution in [0.3, 0.4) is 0 Å². The van der Waals surface area contributed by atoms with Crippen LogP contribution in [0.5, 0.6) is 0 Å². The molecule has 4 heteroatoms. The number of carboxylic acids is 1. The predicted molar refractivity (Wildman–Crippen MR) is 130 cm³/mol. The molecule has 0 aliphatic heterocycles. The van der Waals surface area contributed by atoms with Gasteiger partial charge in [-0.25, -0.2) is 0 Å². The third-order valence-corrected chi connectivity index (χ3v) is 6.06. The molecule has 0 aliphatic rings. The Morgan fingerprint density at radius 3 is 1.42 bits per heavy atom. The highest BCUT2D eigenvalue weighted by Gasteiger charge is 2.17. The van der Waals surface area contributed by atoms with Crippen molar-refractivity contribution in [3.8, 4) is 0 Å². The van der Waals surface area contributed by atoms with Gasteiger partial charge in [-0.15, -0.1) is 0 Å². The van der Waals surface area contributed by atoms with E-state index in [4.69, 9.17) is 9.84 Å². The summed E-state index contributed by atoms with van der Waals surface area (Å²) in [5.74, 6) is -1.11. The van der Waals surface area contributed by atoms with Crippen LogP contribution in [-0.4, -0.2) is 23.1 Å². The molecule has 184 valence electrons. The molecule has 0 rings (SSSR count). The molecule has 0 amide bonds. The third kappa shape index (κ3) is 23.4. The van der Waals surface area contributed by atoms with Crippen molar-refractivity contribution in [3.05, 3.63) is 0 Å². The van der Waals surface area contributed by atoms with Gasteiger partial charge in [0.05, 0.1) is 6.42 Å². The zero-order chi connectivity index (χ0) is 23.0. The van der Waals surface area contributed by atoms with E-state index < -0.39 is 12.1 Å². The first-order valence-electron chi connectivity index (χ1n) is 13.5. The minimum Gasteiger partial charge on any atom is -0.481 e. The Kier molecular flexibility index (Phi) is 22.8. The van der Waals surface area contributed by atoms with Crippen molar-refractivity contribution >= 4 is 11.9 Å². The summed E-state index contributed by atoms with van der Waals surface area (Å²) in [6.45, 7) is 4.45. The molecule has 0 saturated heterocycles. The summed E-state index contributed by atoms with van der Waals surface area (Å²) in [7, 11) is 0. The monoisotopic (exact) mass is 440 g/mol. The summed E-state index contributed by atoms with van der Waals surface area (Å²) >= 11 is 0. The van der Waals surface area contributed by atoms with Gasteiger partial charge in [-0.3, -0.25) is 9.59 Å². The Morgan fingerprint density at radius 1 is 0.613 bits per heavy atom. The SMILES string of the molecule is CCCCCCCCCCCCCCCC(=O)OC(CCCCCCCC)CC(=O)O. The van der Waals surface area contributed by atoms with E-state index in [0.717, 1.165) is 25.7 Å². The molecular formula is C27H52O4. The fourth-order valence-corrected chi connectivity index (χ4v) is 4.08. The Labute approximate surface area is 192 Å². The minimum absolute atomic E-state index is 0.0701. The number of carbonyl (C=O) groups excluding carboxylic acids is 1. The molecule has 31 heavy (non-hydrogen) atoms. The van der Waals surface area contributed by atoms with Crippen LogP contribution >= 0.6 is 0 Å². The number of rotatable bonds is 24. The van der Waals surface area contributed by atoms with Crippen LogP contribution in [0.4, 0.5) is 0 Å². The van der Waals surface area contributed by atoms with Gasteiger partial charge in [0.2, 0.25) is 0 Å². The van der Waals surface area contributed by atoms with Crippen molar-refractivity contribution < 1.29 is 19.4 Å². The second-order valence-electron chi connectivity index (χ2n) is 9.26. The van der Waals surface area contributed by atoms with Gasteiger partial charge in [0.25, 0.3) is 0 Å². The molecular weight excluding hydrogens is 388 g/mol. The fourth-order valence-electron chi connectivity index (χ4n) is 4.08. The number of carboxylic acid groups (broad SMARTS) is 1. The molecule has 1 N–H and O–H groups in total. The highest BCUT2D eigenvalue weighted by molar-refractivity contribution is 5.71.